The highest BCUT2D eigenvalue weighted by atomic mass is 79.9. The number of carbonyl (C=O) groups excluding carboxylic acids is 1. The topological polar surface area (TPSA) is 43.8 Å². The second-order valence-corrected chi connectivity index (χ2v) is 7.22. The summed E-state index contributed by atoms with van der Waals surface area (Å²) in [6.45, 7) is 4.93. The number of alkyl halides is 1. The minimum atomic E-state index is -0.554. The van der Waals surface area contributed by atoms with Crippen LogP contribution in [0, 0.1) is 0 Å². The lowest BCUT2D eigenvalue weighted by Crippen LogP contribution is -2.47. The van der Waals surface area contributed by atoms with Crippen molar-refractivity contribution < 1.29 is 9.90 Å². The molecule has 0 aromatic heterocycles. The number of rotatable bonds is 3. The summed E-state index contributed by atoms with van der Waals surface area (Å²) in [4.78, 5) is 16.0. The highest BCUT2D eigenvalue weighted by Crippen LogP contribution is 2.26. The zero-order valence-corrected chi connectivity index (χ0v) is 12.0. The summed E-state index contributed by atoms with van der Waals surface area (Å²) in [5, 5.41) is 9.67. The minimum Gasteiger partial charge on any atom is -0.391 e. The lowest BCUT2D eigenvalue weighted by atomic mass is 10.1. The molecule has 1 fully saturated rings. The van der Waals surface area contributed by atoms with E-state index in [1.807, 2.05) is 32.8 Å². The Bertz CT molecular complexity index is 263. The van der Waals surface area contributed by atoms with Gasteiger partial charge < -0.3 is 14.9 Å². The van der Waals surface area contributed by atoms with Crippen LogP contribution in [0.5, 0.6) is 0 Å². The summed E-state index contributed by atoms with van der Waals surface area (Å²) in [5.41, 5.74) is 0. The first-order valence-electron chi connectivity index (χ1n) is 5.54. The Kier molecular flexibility index (Phi) is 4.37. The third kappa shape index (κ3) is 3.43. The Labute approximate surface area is 106 Å². The highest BCUT2D eigenvalue weighted by molar-refractivity contribution is 9.10. The fourth-order valence-electron chi connectivity index (χ4n) is 2.08. The summed E-state index contributed by atoms with van der Waals surface area (Å²) < 4.78 is -0.554. The van der Waals surface area contributed by atoms with E-state index in [4.69, 9.17) is 0 Å². The van der Waals surface area contributed by atoms with E-state index in [0.29, 0.717) is 13.0 Å². The van der Waals surface area contributed by atoms with Gasteiger partial charge in [-0.05, 0) is 34.4 Å². The van der Waals surface area contributed by atoms with E-state index in [9.17, 15) is 9.90 Å². The molecule has 94 valence electrons. The van der Waals surface area contributed by atoms with Crippen molar-refractivity contribution in [2.75, 3.05) is 27.2 Å². The molecule has 1 amide bonds. The number of nitrogens with zero attached hydrogens (tertiary/aromatic N) is 2. The fraction of sp³-hybridized carbons (Fsp3) is 0.909. The first-order valence-corrected chi connectivity index (χ1v) is 6.34. The van der Waals surface area contributed by atoms with Gasteiger partial charge in [-0.2, -0.15) is 0 Å². The number of carbonyl (C=O) groups is 1. The maximum Gasteiger partial charge on any atom is 0.239 e. The van der Waals surface area contributed by atoms with E-state index in [1.165, 1.54) is 0 Å². The van der Waals surface area contributed by atoms with Crippen molar-refractivity contribution in [2.45, 2.75) is 36.7 Å². The molecule has 0 aromatic rings. The molecule has 1 N–H and O–H groups in total. The Hall–Kier alpha value is -0.130. The van der Waals surface area contributed by atoms with Crippen LogP contribution in [0.3, 0.4) is 0 Å². The number of hydrogen-bond donors (Lipinski definition) is 1. The van der Waals surface area contributed by atoms with Crippen LogP contribution in [0.4, 0.5) is 0 Å². The van der Waals surface area contributed by atoms with E-state index in [0.717, 1.165) is 6.54 Å². The van der Waals surface area contributed by atoms with Crippen LogP contribution in [0.1, 0.15) is 20.3 Å². The maximum absolute atomic E-state index is 12.2. The molecule has 16 heavy (non-hydrogen) atoms. The Morgan fingerprint density at radius 3 is 2.56 bits per heavy atom. The van der Waals surface area contributed by atoms with Gasteiger partial charge in [0.1, 0.15) is 0 Å². The molecule has 1 rings (SSSR count). The van der Waals surface area contributed by atoms with E-state index in [-0.39, 0.29) is 18.1 Å². The zero-order chi connectivity index (χ0) is 12.5. The second-order valence-electron chi connectivity index (χ2n) is 5.24. The van der Waals surface area contributed by atoms with Crippen molar-refractivity contribution in [3.63, 3.8) is 0 Å². The third-order valence-corrected chi connectivity index (χ3v) is 3.08. The quantitative estimate of drug-likeness (QED) is 0.778. The number of amides is 1. The number of likely N-dealkylation sites (tertiary alicyclic amines) is 1. The number of aliphatic hydroxyl groups is 1. The van der Waals surface area contributed by atoms with Crippen LogP contribution < -0.4 is 0 Å². The predicted molar refractivity (Wildman–Crippen MR) is 67.7 cm³/mol. The number of hydrogen-bond acceptors (Lipinski definition) is 3. The highest BCUT2D eigenvalue weighted by Gasteiger charge is 2.39. The molecular formula is C11H21BrN2O2. The van der Waals surface area contributed by atoms with Crippen molar-refractivity contribution in [3.05, 3.63) is 0 Å². The molecule has 0 radical (unpaired) electrons. The molecule has 0 bridgehead atoms. The van der Waals surface area contributed by atoms with Gasteiger partial charge in [0.25, 0.3) is 0 Å². The molecule has 2 unspecified atom stereocenters. The van der Waals surface area contributed by atoms with Gasteiger partial charge in [-0.25, -0.2) is 0 Å². The average molecular weight is 293 g/mol. The van der Waals surface area contributed by atoms with E-state index in [2.05, 4.69) is 15.9 Å². The molecule has 0 aromatic carbocycles. The van der Waals surface area contributed by atoms with Gasteiger partial charge in [-0.3, -0.25) is 4.79 Å². The molecule has 0 spiro atoms. The molecule has 1 heterocycles. The van der Waals surface area contributed by atoms with Crippen LogP contribution in [0.2, 0.25) is 0 Å². The minimum absolute atomic E-state index is 0.0518. The van der Waals surface area contributed by atoms with Gasteiger partial charge in [-0.15, -0.1) is 0 Å². The molecule has 2 atom stereocenters. The van der Waals surface area contributed by atoms with Crippen molar-refractivity contribution >= 4 is 21.8 Å². The first kappa shape index (κ1) is 13.9. The van der Waals surface area contributed by atoms with Gasteiger partial charge in [0.15, 0.2) is 0 Å². The molecule has 1 aliphatic heterocycles. The van der Waals surface area contributed by atoms with E-state index >= 15 is 0 Å². The van der Waals surface area contributed by atoms with Crippen molar-refractivity contribution in [1.82, 2.24) is 9.80 Å². The molecule has 1 aliphatic rings. The van der Waals surface area contributed by atoms with Crippen molar-refractivity contribution in [2.24, 2.45) is 0 Å². The van der Waals surface area contributed by atoms with Crippen molar-refractivity contribution in [3.8, 4) is 0 Å². The van der Waals surface area contributed by atoms with Gasteiger partial charge in [0.2, 0.25) is 5.91 Å². The van der Waals surface area contributed by atoms with Gasteiger partial charge in [0.05, 0.1) is 10.4 Å². The normalized spacial score (nSPS) is 26.6. The Morgan fingerprint density at radius 1 is 1.56 bits per heavy atom. The van der Waals surface area contributed by atoms with E-state index < -0.39 is 4.32 Å². The molecule has 4 nitrogen and oxygen atoms in total. The second kappa shape index (κ2) is 5.02. The van der Waals surface area contributed by atoms with Crippen LogP contribution >= 0.6 is 15.9 Å². The average Bonchev–Trinajstić information content (AvgIpc) is 2.42. The van der Waals surface area contributed by atoms with Gasteiger partial charge >= 0.3 is 0 Å². The van der Waals surface area contributed by atoms with Crippen LogP contribution in [0.15, 0.2) is 0 Å². The predicted octanol–water partition coefficient (Wildman–Crippen LogP) is 0.683. The molecule has 5 heteroatoms. The summed E-state index contributed by atoms with van der Waals surface area (Å²) in [5.74, 6) is 0.0518. The van der Waals surface area contributed by atoms with Crippen LogP contribution in [-0.2, 0) is 4.79 Å². The smallest absolute Gasteiger partial charge is 0.239 e. The monoisotopic (exact) mass is 292 g/mol. The Morgan fingerprint density at radius 2 is 2.12 bits per heavy atom. The molecule has 1 saturated heterocycles. The fourth-order valence-corrected chi connectivity index (χ4v) is 2.30. The zero-order valence-electron chi connectivity index (χ0n) is 10.4. The molecular weight excluding hydrogens is 272 g/mol. The summed E-state index contributed by atoms with van der Waals surface area (Å²) >= 11 is 3.38. The molecule has 0 aliphatic carbocycles. The summed E-state index contributed by atoms with van der Waals surface area (Å²) in [6.07, 6.45) is 0.288. The van der Waals surface area contributed by atoms with E-state index in [1.54, 1.807) is 4.90 Å². The third-order valence-electron chi connectivity index (χ3n) is 2.74. The van der Waals surface area contributed by atoms with Gasteiger partial charge in [0, 0.05) is 19.1 Å². The number of likely N-dealkylation sites (N-methyl/N-ethyl adjacent to an activating group) is 1. The number of aliphatic hydroxyl groups excluding tert-OH is 1. The van der Waals surface area contributed by atoms with Crippen molar-refractivity contribution in [1.29, 1.82) is 0 Å². The lowest BCUT2D eigenvalue weighted by Gasteiger charge is -2.31. The largest absolute Gasteiger partial charge is 0.391 e. The summed E-state index contributed by atoms with van der Waals surface area (Å²) in [7, 11) is 3.96. The summed E-state index contributed by atoms with van der Waals surface area (Å²) in [6, 6.07) is 0.120. The number of halogens is 1. The SMILES string of the molecule is CN(C)CC1CC(O)CN1C(=O)C(C)(C)Br. The van der Waals surface area contributed by atoms with Crippen LogP contribution in [0.25, 0.3) is 0 Å². The standard InChI is InChI=1S/C11H21BrN2O2/c1-11(2,12)10(16)14-7-9(15)5-8(14)6-13(3)4/h8-9,15H,5-7H2,1-4H3. The Balaban J connectivity index is 2.73. The molecule has 0 saturated carbocycles. The number of β-amino-alcohol motifs (C(OH)–C–C–N with tert-alkyl or cyclic N) is 1. The van der Waals surface area contributed by atoms with Crippen LogP contribution in [-0.4, -0.2) is 64.5 Å². The maximum atomic E-state index is 12.2. The first-order chi connectivity index (χ1) is 7.21. The van der Waals surface area contributed by atoms with Gasteiger partial charge in [-0.1, -0.05) is 15.9 Å². The lowest BCUT2D eigenvalue weighted by molar-refractivity contribution is -0.134.